The molecule has 96 valence electrons. The average molecular weight is 264 g/mol. The molecule has 0 fully saturated rings. The second-order valence-electron chi connectivity index (χ2n) is 4.96. The highest BCUT2D eigenvalue weighted by atomic mass is 32.1. The summed E-state index contributed by atoms with van der Waals surface area (Å²) in [6.45, 7) is 3.50. The van der Waals surface area contributed by atoms with Crippen LogP contribution in [0.4, 0.5) is 0 Å². The molecule has 3 nitrogen and oxygen atoms in total. The van der Waals surface area contributed by atoms with E-state index < -0.39 is 11.4 Å². The minimum atomic E-state index is -0.776. The fraction of sp³-hybridized carbons (Fsp3) is 0.357. The standard InChI is InChI=1S/C14H16O3S/c1-14(2,13(15)16)8-9-4-5-11(17-3)12-10(9)6-7-18-12/h4-7H,8H2,1-3H3,(H,15,16). The van der Waals surface area contributed by atoms with Crippen molar-refractivity contribution in [1.82, 2.24) is 0 Å². The molecule has 0 radical (unpaired) electrons. The van der Waals surface area contributed by atoms with E-state index in [9.17, 15) is 9.90 Å². The summed E-state index contributed by atoms with van der Waals surface area (Å²) in [5.41, 5.74) is 0.295. The topological polar surface area (TPSA) is 46.5 Å². The van der Waals surface area contributed by atoms with E-state index in [1.165, 1.54) is 0 Å². The van der Waals surface area contributed by atoms with Crippen LogP contribution < -0.4 is 4.74 Å². The zero-order chi connectivity index (χ0) is 13.3. The van der Waals surface area contributed by atoms with Gasteiger partial charge in [0.15, 0.2) is 0 Å². The normalized spacial score (nSPS) is 11.7. The molecule has 0 aliphatic rings. The van der Waals surface area contributed by atoms with Gasteiger partial charge < -0.3 is 9.84 Å². The van der Waals surface area contributed by atoms with Crippen molar-refractivity contribution in [2.75, 3.05) is 7.11 Å². The largest absolute Gasteiger partial charge is 0.495 e. The molecule has 1 heterocycles. The van der Waals surface area contributed by atoms with Gasteiger partial charge in [-0.2, -0.15) is 0 Å². The van der Waals surface area contributed by atoms with Gasteiger partial charge in [-0.1, -0.05) is 6.07 Å². The number of rotatable bonds is 4. The van der Waals surface area contributed by atoms with Crippen LogP contribution >= 0.6 is 11.3 Å². The van der Waals surface area contributed by atoms with Gasteiger partial charge in [0, 0.05) is 0 Å². The van der Waals surface area contributed by atoms with Crippen LogP contribution in [0.1, 0.15) is 19.4 Å². The van der Waals surface area contributed by atoms with Crippen LogP contribution in [0.3, 0.4) is 0 Å². The van der Waals surface area contributed by atoms with Gasteiger partial charge in [0.25, 0.3) is 0 Å². The summed E-state index contributed by atoms with van der Waals surface area (Å²) < 4.78 is 6.39. The van der Waals surface area contributed by atoms with Crippen LogP contribution in [-0.4, -0.2) is 18.2 Å². The average Bonchev–Trinajstić information content (AvgIpc) is 2.78. The van der Waals surface area contributed by atoms with E-state index in [-0.39, 0.29) is 0 Å². The number of hydrogen-bond donors (Lipinski definition) is 1. The molecule has 18 heavy (non-hydrogen) atoms. The van der Waals surface area contributed by atoms with Crippen LogP contribution in [0.2, 0.25) is 0 Å². The van der Waals surface area contributed by atoms with E-state index in [0.717, 1.165) is 21.4 Å². The number of carboxylic acid groups (broad SMARTS) is 1. The number of aliphatic carboxylic acids is 1. The van der Waals surface area contributed by atoms with Crippen molar-refractivity contribution >= 4 is 27.4 Å². The maximum Gasteiger partial charge on any atom is 0.309 e. The number of benzene rings is 1. The fourth-order valence-corrected chi connectivity index (χ4v) is 2.90. The minimum Gasteiger partial charge on any atom is -0.495 e. The molecule has 0 spiro atoms. The molecule has 0 unspecified atom stereocenters. The molecule has 0 bridgehead atoms. The number of carboxylic acids is 1. The second-order valence-corrected chi connectivity index (χ2v) is 5.87. The molecule has 2 aromatic rings. The third-order valence-corrected chi connectivity index (χ3v) is 4.03. The third kappa shape index (κ3) is 2.20. The number of hydrogen-bond acceptors (Lipinski definition) is 3. The molecule has 0 atom stereocenters. The monoisotopic (exact) mass is 264 g/mol. The van der Waals surface area contributed by atoms with Gasteiger partial charge in [-0.3, -0.25) is 4.79 Å². The summed E-state index contributed by atoms with van der Waals surface area (Å²) in [7, 11) is 1.65. The number of thiophene rings is 1. The van der Waals surface area contributed by atoms with Crippen molar-refractivity contribution < 1.29 is 14.6 Å². The summed E-state index contributed by atoms with van der Waals surface area (Å²) in [6, 6.07) is 5.89. The maximum absolute atomic E-state index is 11.2. The summed E-state index contributed by atoms with van der Waals surface area (Å²) in [5.74, 6) is 0.0681. The zero-order valence-electron chi connectivity index (χ0n) is 10.7. The fourth-order valence-electron chi connectivity index (χ4n) is 1.96. The van der Waals surface area contributed by atoms with E-state index in [2.05, 4.69) is 0 Å². The molecule has 0 amide bonds. The zero-order valence-corrected chi connectivity index (χ0v) is 11.5. The van der Waals surface area contributed by atoms with Crippen molar-refractivity contribution in [1.29, 1.82) is 0 Å². The van der Waals surface area contributed by atoms with Gasteiger partial charge >= 0.3 is 5.97 Å². The lowest BCUT2D eigenvalue weighted by Gasteiger charge is -2.19. The van der Waals surface area contributed by atoms with Crippen LogP contribution in [0, 0.1) is 5.41 Å². The first-order valence-electron chi connectivity index (χ1n) is 5.72. The predicted molar refractivity (Wildman–Crippen MR) is 73.5 cm³/mol. The Morgan fingerprint density at radius 2 is 2.11 bits per heavy atom. The van der Waals surface area contributed by atoms with Crippen molar-refractivity contribution in [2.45, 2.75) is 20.3 Å². The Morgan fingerprint density at radius 3 is 2.72 bits per heavy atom. The Morgan fingerprint density at radius 1 is 1.39 bits per heavy atom. The lowest BCUT2D eigenvalue weighted by atomic mass is 9.85. The van der Waals surface area contributed by atoms with Crippen LogP contribution in [-0.2, 0) is 11.2 Å². The Hall–Kier alpha value is -1.55. The first-order valence-corrected chi connectivity index (χ1v) is 6.60. The number of ether oxygens (including phenoxy) is 1. The SMILES string of the molecule is COc1ccc(CC(C)(C)C(=O)O)c2ccsc12. The first-order chi connectivity index (χ1) is 8.45. The Kier molecular flexibility index (Phi) is 3.30. The molecular formula is C14H16O3S. The quantitative estimate of drug-likeness (QED) is 0.918. The van der Waals surface area contributed by atoms with E-state index in [4.69, 9.17) is 4.74 Å². The number of fused-ring (bicyclic) bond motifs is 1. The summed E-state index contributed by atoms with van der Waals surface area (Å²) >= 11 is 1.61. The van der Waals surface area contributed by atoms with Crippen molar-refractivity contribution in [3.05, 3.63) is 29.1 Å². The van der Waals surface area contributed by atoms with Crippen molar-refractivity contribution in [3.8, 4) is 5.75 Å². The van der Waals surface area contributed by atoms with E-state index >= 15 is 0 Å². The van der Waals surface area contributed by atoms with Gasteiger partial charge in [-0.15, -0.1) is 11.3 Å². The molecule has 2 rings (SSSR count). The van der Waals surface area contributed by atoms with Gasteiger partial charge in [-0.25, -0.2) is 0 Å². The molecule has 1 aromatic carbocycles. The van der Waals surface area contributed by atoms with Crippen molar-refractivity contribution in [3.63, 3.8) is 0 Å². The highest BCUT2D eigenvalue weighted by Crippen LogP contribution is 2.35. The van der Waals surface area contributed by atoms with Crippen LogP contribution in [0.25, 0.3) is 10.1 Å². The molecule has 4 heteroatoms. The number of carbonyl (C=O) groups is 1. The lowest BCUT2D eigenvalue weighted by Crippen LogP contribution is -2.26. The molecule has 0 saturated heterocycles. The Balaban J connectivity index is 2.47. The van der Waals surface area contributed by atoms with Crippen LogP contribution in [0.15, 0.2) is 23.6 Å². The lowest BCUT2D eigenvalue weighted by molar-refractivity contribution is -0.146. The second kappa shape index (κ2) is 4.61. The van der Waals surface area contributed by atoms with Gasteiger partial charge in [0.2, 0.25) is 0 Å². The highest BCUT2D eigenvalue weighted by Gasteiger charge is 2.28. The molecular weight excluding hydrogens is 248 g/mol. The van der Waals surface area contributed by atoms with E-state index in [1.807, 2.05) is 23.6 Å². The summed E-state index contributed by atoms with van der Waals surface area (Å²) in [5, 5.41) is 12.3. The van der Waals surface area contributed by atoms with Crippen molar-refractivity contribution in [2.24, 2.45) is 5.41 Å². The van der Waals surface area contributed by atoms with E-state index in [1.54, 1.807) is 32.3 Å². The molecule has 1 N–H and O–H groups in total. The summed E-state index contributed by atoms with van der Waals surface area (Å²) in [4.78, 5) is 11.2. The van der Waals surface area contributed by atoms with Gasteiger partial charge in [0.1, 0.15) is 5.75 Å². The highest BCUT2D eigenvalue weighted by molar-refractivity contribution is 7.17. The van der Waals surface area contributed by atoms with Gasteiger partial charge in [0.05, 0.1) is 17.2 Å². The minimum absolute atomic E-state index is 0.513. The molecule has 0 aliphatic heterocycles. The maximum atomic E-state index is 11.2. The van der Waals surface area contributed by atoms with Gasteiger partial charge in [-0.05, 0) is 48.7 Å². The Bertz CT molecular complexity index is 584. The Labute approximate surface area is 110 Å². The smallest absolute Gasteiger partial charge is 0.309 e. The summed E-state index contributed by atoms with van der Waals surface area (Å²) in [6.07, 6.45) is 0.513. The third-order valence-electron chi connectivity index (χ3n) is 3.10. The van der Waals surface area contributed by atoms with Crippen LogP contribution in [0.5, 0.6) is 5.75 Å². The molecule has 1 aromatic heterocycles. The van der Waals surface area contributed by atoms with E-state index in [0.29, 0.717) is 6.42 Å². The molecule has 0 saturated carbocycles. The number of methoxy groups -OCH3 is 1. The first kappa shape index (κ1) is 12.9. The predicted octanol–water partition coefficient (Wildman–Crippen LogP) is 3.56. The molecule has 0 aliphatic carbocycles.